The molecule has 9 nitrogen and oxygen atoms in total. The molecule has 0 aliphatic heterocycles. The number of benzene rings is 3. The first-order valence-electron chi connectivity index (χ1n) is 11.6. The zero-order valence-corrected chi connectivity index (χ0v) is 22.0. The van der Waals surface area contributed by atoms with Crippen LogP contribution in [0.4, 0.5) is 0 Å². The fourth-order valence-electron chi connectivity index (χ4n) is 3.60. The topological polar surface area (TPSA) is 99.9 Å². The largest absolute Gasteiger partial charge is 0.493 e. The number of nitrogens with one attached hydrogen (secondary N) is 1. The van der Waals surface area contributed by atoms with E-state index < -0.39 is 0 Å². The zero-order chi connectivity index (χ0) is 26.7. The van der Waals surface area contributed by atoms with Crippen molar-refractivity contribution >= 4 is 30.0 Å². The van der Waals surface area contributed by atoms with Crippen molar-refractivity contribution in [3.05, 3.63) is 84.4 Å². The van der Waals surface area contributed by atoms with Gasteiger partial charge in [-0.25, -0.2) is 5.43 Å². The molecule has 1 heterocycles. The van der Waals surface area contributed by atoms with E-state index in [1.165, 1.54) is 18.0 Å². The summed E-state index contributed by atoms with van der Waals surface area (Å²) in [5.41, 5.74) is 5.13. The number of carbonyl (C=O) groups excluding carboxylic acids is 1. The predicted molar refractivity (Wildman–Crippen MR) is 149 cm³/mol. The third-order valence-corrected chi connectivity index (χ3v) is 6.27. The molecule has 0 bridgehead atoms. The van der Waals surface area contributed by atoms with Gasteiger partial charge in [-0.2, -0.15) is 5.10 Å². The molecular weight excluding hydrogens is 502 g/mol. The van der Waals surface area contributed by atoms with E-state index in [-0.39, 0.29) is 11.7 Å². The quantitative estimate of drug-likeness (QED) is 0.168. The minimum atomic E-state index is -0.267. The van der Waals surface area contributed by atoms with Crippen LogP contribution in [0.25, 0.3) is 23.2 Å². The predicted octanol–water partition coefficient (Wildman–Crippen LogP) is 4.87. The van der Waals surface area contributed by atoms with E-state index in [0.717, 1.165) is 11.3 Å². The maximum Gasteiger partial charge on any atom is 0.250 e. The summed E-state index contributed by atoms with van der Waals surface area (Å²) in [5.74, 6) is 1.86. The van der Waals surface area contributed by atoms with E-state index in [1.807, 2.05) is 83.4 Å². The van der Waals surface area contributed by atoms with E-state index in [1.54, 1.807) is 27.4 Å². The Kier molecular flexibility index (Phi) is 9.14. The molecule has 0 saturated carbocycles. The number of amides is 1. The molecule has 0 fully saturated rings. The molecule has 3 aromatic carbocycles. The van der Waals surface area contributed by atoms with E-state index in [0.29, 0.717) is 33.8 Å². The molecule has 4 aromatic rings. The zero-order valence-electron chi connectivity index (χ0n) is 21.2. The van der Waals surface area contributed by atoms with Gasteiger partial charge in [0.2, 0.25) is 5.75 Å². The van der Waals surface area contributed by atoms with Crippen molar-refractivity contribution in [2.45, 2.75) is 5.16 Å². The Balaban J connectivity index is 1.54. The average molecular weight is 530 g/mol. The summed E-state index contributed by atoms with van der Waals surface area (Å²) in [6.45, 7) is 0. The number of methoxy groups -OCH3 is 3. The van der Waals surface area contributed by atoms with Gasteiger partial charge in [0.05, 0.1) is 27.1 Å². The first-order valence-corrected chi connectivity index (χ1v) is 12.6. The van der Waals surface area contributed by atoms with Gasteiger partial charge in [0.1, 0.15) is 0 Å². The number of rotatable bonds is 11. The van der Waals surface area contributed by atoms with Gasteiger partial charge in [0.25, 0.3) is 5.91 Å². The summed E-state index contributed by atoms with van der Waals surface area (Å²) in [4.78, 5) is 12.4. The number of nitrogens with zero attached hydrogens (tertiary/aromatic N) is 4. The number of aromatic nitrogens is 3. The van der Waals surface area contributed by atoms with Crippen LogP contribution in [-0.2, 0) is 4.79 Å². The van der Waals surface area contributed by atoms with Crippen molar-refractivity contribution in [1.82, 2.24) is 20.2 Å². The monoisotopic (exact) mass is 529 g/mol. The molecule has 10 heteroatoms. The number of hydrogen-bond acceptors (Lipinski definition) is 8. The number of thioether (sulfide) groups is 1. The minimum Gasteiger partial charge on any atom is -0.493 e. The molecule has 4 rings (SSSR count). The summed E-state index contributed by atoms with van der Waals surface area (Å²) in [5, 5.41) is 13.3. The molecule has 0 aliphatic rings. The molecule has 0 spiro atoms. The number of carbonyl (C=O) groups is 1. The molecule has 0 saturated heterocycles. The number of hydrogen-bond donors (Lipinski definition) is 1. The Morgan fingerprint density at radius 2 is 1.61 bits per heavy atom. The first kappa shape index (κ1) is 26.5. The van der Waals surface area contributed by atoms with E-state index in [2.05, 4.69) is 20.7 Å². The molecule has 194 valence electrons. The minimum absolute atomic E-state index is 0.0972. The van der Waals surface area contributed by atoms with Crippen LogP contribution in [0, 0.1) is 0 Å². The van der Waals surface area contributed by atoms with E-state index >= 15 is 0 Å². The second kappa shape index (κ2) is 13.1. The highest BCUT2D eigenvalue weighted by atomic mass is 32.2. The van der Waals surface area contributed by atoms with Gasteiger partial charge in [0.15, 0.2) is 22.5 Å². The summed E-state index contributed by atoms with van der Waals surface area (Å²) in [7, 11) is 4.67. The molecule has 0 radical (unpaired) electrons. The van der Waals surface area contributed by atoms with Gasteiger partial charge in [0, 0.05) is 17.5 Å². The standard InChI is InChI=1S/C28H27N5O4S/c1-35-23-17-21(18-24(36-2)26(23)37-3)27-31-32-28(33(27)22-14-8-5-9-15-22)38-19-25(34)30-29-16-10-13-20-11-6-4-7-12-20/h4-18H,19H2,1-3H3,(H,30,34)/b13-10+,29-16-. The Labute approximate surface area is 225 Å². The lowest BCUT2D eigenvalue weighted by molar-refractivity contribution is -0.118. The summed E-state index contributed by atoms with van der Waals surface area (Å²) < 4.78 is 18.4. The molecule has 1 aromatic heterocycles. The van der Waals surface area contributed by atoms with Crippen LogP contribution < -0.4 is 19.6 Å². The van der Waals surface area contributed by atoms with Gasteiger partial charge in [-0.15, -0.1) is 10.2 Å². The Hall–Kier alpha value is -4.57. The number of allylic oxidation sites excluding steroid dienone is 1. The molecule has 38 heavy (non-hydrogen) atoms. The second-order valence-corrected chi connectivity index (χ2v) is 8.71. The van der Waals surface area contributed by atoms with E-state index in [9.17, 15) is 4.79 Å². The van der Waals surface area contributed by atoms with Crippen molar-refractivity contribution < 1.29 is 19.0 Å². The maximum absolute atomic E-state index is 12.4. The Bertz CT molecular complexity index is 1400. The van der Waals surface area contributed by atoms with Crippen LogP contribution >= 0.6 is 11.8 Å². The summed E-state index contributed by atoms with van der Waals surface area (Å²) in [6.07, 6.45) is 5.19. The molecular formula is C28H27N5O4S. The van der Waals surface area contributed by atoms with Gasteiger partial charge in [-0.3, -0.25) is 9.36 Å². The van der Waals surface area contributed by atoms with Crippen LogP contribution in [0.2, 0.25) is 0 Å². The Morgan fingerprint density at radius 3 is 2.24 bits per heavy atom. The molecule has 0 unspecified atom stereocenters. The highest BCUT2D eigenvalue weighted by molar-refractivity contribution is 7.99. The van der Waals surface area contributed by atoms with Crippen LogP contribution in [0.5, 0.6) is 17.2 Å². The third kappa shape index (κ3) is 6.40. The van der Waals surface area contributed by atoms with Crippen molar-refractivity contribution in [3.8, 4) is 34.3 Å². The normalized spacial score (nSPS) is 11.1. The summed E-state index contributed by atoms with van der Waals surface area (Å²) in [6, 6.07) is 23.1. The van der Waals surface area contributed by atoms with Crippen molar-refractivity contribution in [2.75, 3.05) is 27.1 Å². The molecule has 1 amide bonds. The molecule has 0 atom stereocenters. The van der Waals surface area contributed by atoms with Crippen molar-refractivity contribution in [1.29, 1.82) is 0 Å². The van der Waals surface area contributed by atoms with Gasteiger partial charge >= 0.3 is 0 Å². The highest BCUT2D eigenvalue weighted by Gasteiger charge is 2.21. The van der Waals surface area contributed by atoms with Crippen molar-refractivity contribution in [3.63, 3.8) is 0 Å². The molecule has 1 N–H and O–H groups in total. The first-order chi connectivity index (χ1) is 18.6. The van der Waals surface area contributed by atoms with Gasteiger partial charge < -0.3 is 14.2 Å². The van der Waals surface area contributed by atoms with Gasteiger partial charge in [-0.1, -0.05) is 66.4 Å². The number of ether oxygens (including phenoxy) is 3. The van der Waals surface area contributed by atoms with Crippen LogP contribution in [0.15, 0.2) is 89.1 Å². The average Bonchev–Trinajstić information content (AvgIpc) is 3.40. The number of para-hydroxylation sites is 1. The van der Waals surface area contributed by atoms with Crippen LogP contribution in [0.1, 0.15) is 5.56 Å². The fourth-order valence-corrected chi connectivity index (χ4v) is 4.35. The van der Waals surface area contributed by atoms with Crippen molar-refractivity contribution in [2.24, 2.45) is 5.10 Å². The van der Waals surface area contributed by atoms with E-state index in [4.69, 9.17) is 14.2 Å². The highest BCUT2D eigenvalue weighted by Crippen LogP contribution is 2.41. The Morgan fingerprint density at radius 1 is 0.947 bits per heavy atom. The lowest BCUT2D eigenvalue weighted by atomic mass is 10.1. The van der Waals surface area contributed by atoms with Crippen LogP contribution in [-0.4, -0.2) is 54.0 Å². The fraction of sp³-hybridized carbons (Fsp3) is 0.143. The molecule has 0 aliphatic carbocycles. The lowest BCUT2D eigenvalue weighted by Crippen LogP contribution is -2.19. The SMILES string of the molecule is COc1cc(-c2nnc(SCC(=O)N/N=C\C=C\c3ccccc3)n2-c2ccccc2)cc(OC)c1OC. The smallest absolute Gasteiger partial charge is 0.250 e. The van der Waals surface area contributed by atoms with Crippen LogP contribution in [0.3, 0.4) is 0 Å². The maximum atomic E-state index is 12.4. The summed E-state index contributed by atoms with van der Waals surface area (Å²) >= 11 is 1.25. The lowest BCUT2D eigenvalue weighted by Gasteiger charge is -2.15. The van der Waals surface area contributed by atoms with Gasteiger partial charge in [-0.05, 0) is 35.9 Å². The number of hydrazone groups is 1. The third-order valence-electron chi connectivity index (χ3n) is 5.34. The second-order valence-electron chi connectivity index (χ2n) is 7.76.